The lowest BCUT2D eigenvalue weighted by Crippen LogP contribution is -2.10. The van der Waals surface area contributed by atoms with Crippen LogP contribution in [0.4, 0.5) is 13.2 Å². The fourth-order valence-corrected chi connectivity index (χ4v) is 1.86. The first-order valence-corrected chi connectivity index (χ1v) is 5.66. The molecule has 100 valence electrons. The van der Waals surface area contributed by atoms with Crippen molar-refractivity contribution in [1.82, 2.24) is 4.98 Å². The number of nitrogens with zero attached hydrogens (tertiary/aromatic N) is 1. The number of aromatic carboxylic acids is 1. The molecule has 0 amide bonds. The summed E-state index contributed by atoms with van der Waals surface area (Å²) in [5, 5.41) is 8.72. The zero-order valence-corrected chi connectivity index (χ0v) is 10.6. The molecule has 1 aromatic carbocycles. The van der Waals surface area contributed by atoms with E-state index in [0.29, 0.717) is 4.47 Å². The van der Waals surface area contributed by atoms with E-state index in [1.807, 2.05) is 0 Å². The first kappa shape index (κ1) is 13.6. The van der Waals surface area contributed by atoms with Gasteiger partial charge in [0.15, 0.2) is 5.69 Å². The minimum absolute atomic E-state index is 0.237. The lowest BCUT2D eigenvalue weighted by molar-refractivity contribution is -0.153. The van der Waals surface area contributed by atoms with Crippen molar-refractivity contribution in [2.24, 2.45) is 0 Å². The molecular formula is C11H5BrF3NO3. The molecule has 2 aromatic rings. The summed E-state index contributed by atoms with van der Waals surface area (Å²) in [5.41, 5.74) is -0.918. The number of carboxylic acids is 1. The number of oxazole rings is 1. The molecule has 0 saturated heterocycles. The Morgan fingerprint density at radius 3 is 2.42 bits per heavy atom. The third kappa shape index (κ3) is 2.62. The summed E-state index contributed by atoms with van der Waals surface area (Å²) in [6, 6.07) is 6.26. The Balaban J connectivity index is 2.62. The number of rotatable bonds is 2. The van der Waals surface area contributed by atoms with E-state index in [1.165, 1.54) is 6.07 Å². The Hall–Kier alpha value is -1.83. The maximum Gasteiger partial charge on any atom is 0.452 e. The molecular weight excluding hydrogens is 331 g/mol. The Kier molecular flexibility index (Phi) is 3.36. The number of benzene rings is 1. The maximum atomic E-state index is 12.6. The van der Waals surface area contributed by atoms with Gasteiger partial charge in [-0.1, -0.05) is 12.1 Å². The molecule has 2 rings (SSSR count). The van der Waals surface area contributed by atoms with Crippen molar-refractivity contribution in [3.8, 4) is 11.5 Å². The fourth-order valence-electron chi connectivity index (χ4n) is 1.41. The standard InChI is InChI=1S/C11H5BrF3NO3/c12-6-4-2-1-3-5(6)9-16-7(10(17)18)8(19-9)11(13,14)15/h1-4H,(H,17,18). The predicted octanol–water partition coefficient (Wildman–Crippen LogP) is 3.82. The van der Waals surface area contributed by atoms with Crippen LogP contribution in [0.25, 0.3) is 11.5 Å². The van der Waals surface area contributed by atoms with Gasteiger partial charge in [-0.3, -0.25) is 0 Å². The van der Waals surface area contributed by atoms with Crippen LogP contribution >= 0.6 is 15.9 Å². The molecule has 1 N–H and O–H groups in total. The molecule has 0 atom stereocenters. The van der Waals surface area contributed by atoms with Gasteiger partial charge in [0.25, 0.3) is 0 Å². The van der Waals surface area contributed by atoms with Crippen molar-refractivity contribution in [3.05, 3.63) is 40.2 Å². The van der Waals surface area contributed by atoms with Crippen LogP contribution in [0.15, 0.2) is 33.2 Å². The van der Waals surface area contributed by atoms with Crippen molar-refractivity contribution >= 4 is 21.9 Å². The third-order valence-electron chi connectivity index (χ3n) is 2.19. The van der Waals surface area contributed by atoms with Crippen LogP contribution in [0.1, 0.15) is 16.2 Å². The Morgan fingerprint density at radius 2 is 1.95 bits per heavy atom. The van der Waals surface area contributed by atoms with Crippen molar-refractivity contribution in [2.75, 3.05) is 0 Å². The van der Waals surface area contributed by atoms with Crippen molar-refractivity contribution in [1.29, 1.82) is 0 Å². The summed E-state index contributed by atoms with van der Waals surface area (Å²) < 4.78 is 42.9. The van der Waals surface area contributed by atoms with E-state index in [1.54, 1.807) is 18.2 Å². The lowest BCUT2D eigenvalue weighted by Gasteiger charge is -2.02. The molecule has 4 nitrogen and oxygen atoms in total. The molecule has 0 fully saturated rings. The third-order valence-corrected chi connectivity index (χ3v) is 2.88. The molecule has 1 heterocycles. The van der Waals surface area contributed by atoms with Crippen molar-refractivity contribution < 1.29 is 27.5 Å². The van der Waals surface area contributed by atoms with Crippen LogP contribution < -0.4 is 0 Å². The predicted molar refractivity (Wildman–Crippen MR) is 61.6 cm³/mol. The van der Waals surface area contributed by atoms with Crippen molar-refractivity contribution in [2.45, 2.75) is 6.18 Å². The number of aromatic nitrogens is 1. The number of carboxylic acid groups (broad SMARTS) is 1. The molecule has 19 heavy (non-hydrogen) atoms. The zero-order chi connectivity index (χ0) is 14.2. The Labute approximate surface area is 113 Å². The van der Waals surface area contributed by atoms with Crippen LogP contribution in [-0.4, -0.2) is 16.1 Å². The summed E-state index contributed by atoms with van der Waals surface area (Å²) in [6.45, 7) is 0. The normalized spacial score (nSPS) is 11.6. The number of hydrogen-bond acceptors (Lipinski definition) is 3. The second-order valence-electron chi connectivity index (χ2n) is 3.48. The van der Waals surface area contributed by atoms with E-state index < -0.39 is 29.5 Å². The van der Waals surface area contributed by atoms with E-state index in [2.05, 4.69) is 25.3 Å². The van der Waals surface area contributed by atoms with Gasteiger partial charge in [0, 0.05) is 4.47 Å². The lowest BCUT2D eigenvalue weighted by atomic mass is 10.2. The maximum absolute atomic E-state index is 12.6. The molecule has 0 bridgehead atoms. The van der Waals surface area contributed by atoms with Gasteiger partial charge in [0.1, 0.15) is 0 Å². The highest BCUT2D eigenvalue weighted by atomic mass is 79.9. The molecule has 0 unspecified atom stereocenters. The van der Waals surface area contributed by atoms with Gasteiger partial charge < -0.3 is 9.52 Å². The largest absolute Gasteiger partial charge is 0.476 e. The van der Waals surface area contributed by atoms with Crippen LogP contribution in [-0.2, 0) is 6.18 Å². The van der Waals surface area contributed by atoms with E-state index >= 15 is 0 Å². The first-order valence-electron chi connectivity index (χ1n) is 4.87. The average Bonchev–Trinajstić information content (AvgIpc) is 2.74. The SMILES string of the molecule is O=C(O)c1nc(-c2ccccc2Br)oc1C(F)(F)F. The number of hydrogen-bond donors (Lipinski definition) is 1. The van der Waals surface area contributed by atoms with Crippen LogP contribution in [0.3, 0.4) is 0 Å². The van der Waals surface area contributed by atoms with E-state index in [0.717, 1.165) is 0 Å². The van der Waals surface area contributed by atoms with Crippen LogP contribution in [0, 0.1) is 0 Å². The highest BCUT2D eigenvalue weighted by Crippen LogP contribution is 2.36. The van der Waals surface area contributed by atoms with Gasteiger partial charge in [-0.05, 0) is 28.1 Å². The summed E-state index contributed by atoms with van der Waals surface area (Å²) >= 11 is 3.13. The first-order chi connectivity index (χ1) is 8.80. The summed E-state index contributed by atoms with van der Waals surface area (Å²) in [6.07, 6.45) is -4.92. The van der Waals surface area contributed by atoms with Crippen molar-refractivity contribution in [3.63, 3.8) is 0 Å². The molecule has 8 heteroatoms. The number of halogens is 4. The quantitative estimate of drug-likeness (QED) is 0.906. The van der Waals surface area contributed by atoms with Gasteiger partial charge in [-0.2, -0.15) is 13.2 Å². The van der Waals surface area contributed by atoms with E-state index in [9.17, 15) is 18.0 Å². The van der Waals surface area contributed by atoms with Gasteiger partial charge in [-0.15, -0.1) is 0 Å². The molecule has 0 radical (unpaired) electrons. The number of alkyl halides is 3. The smallest absolute Gasteiger partial charge is 0.452 e. The Morgan fingerprint density at radius 1 is 1.32 bits per heavy atom. The molecule has 0 aliphatic rings. The number of carbonyl (C=O) groups is 1. The van der Waals surface area contributed by atoms with Gasteiger partial charge >= 0.3 is 12.1 Å². The van der Waals surface area contributed by atoms with Crippen LogP contribution in [0.2, 0.25) is 0 Å². The second-order valence-corrected chi connectivity index (χ2v) is 4.33. The summed E-state index contributed by atoms with van der Waals surface area (Å²) in [4.78, 5) is 14.2. The second kappa shape index (κ2) is 4.69. The minimum atomic E-state index is -4.92. The molecule has 1 aromatic heterocycles. The van der Waals surface area contributed by atoms with Gasteiger partial charge in [-0.25, -0.2) is 9.78 Å². The van der Waals surface area contributed by atoms with E-state index in [-0.39, 0.29) is 5.56 Å². The van der Waals surface area contributed by atoms with E-state index in [4.69, 9.17) is 5.11 Å². The highest BCUT2D eigenvalue weighted by molar-refractivity contribution is 9.10. The average molecular weight is 336 g/mol. The fraction of sp³-hybridized carbons (Fsp3) is 0.0909. The molecule has 0 aliphatic heterocycles. The zero-order valence-electron chi connectivity index (χ0n) is 9.03. The monoisotopic (exact) mass is 335 g/mol. The van der Waals surface area contributed by atoms with Gasteiger partial charge in [0.05, 0.1) is 5.56 Å². The molecule has 0 saturated carbocycles. The summed E-state index contributed by atoms with van der Waals surface area (Å²) in [5.74, 6) is -3.82. The molecule has 0 spiro atoms. The summed E-state index contributed by atoms with van der Waals surface area (Å²) in [7, 11) is 0. The Bertz CT molecular complexity index is 636. The van der Waals surface area contributed by atoms with Crippen LogP contribution in [0.5, 0.6) is 0 Å². The topological polar surface area (TPSA) is 63.3 Å². The minimum Gasteiger partial charge on any atom is -0.476 e. The highest BCUT2D eigenvalue weighted by Gasteiger charge is 2.42. The van der Waals surface area contributed by atoms with Gasteiger partial charge in [0.2, 0.25) is 11.7 Å². The molecule has 0 aliphatic carbocycles.